The molecule has 0 spiro atoms. The minimum atomic E-state index is -0.0421. The molecule has 1 aromatic heterocycles. The zero-order chi connectivity index (χ0) is 16.5. The molecule has 0 aliphatic rings. The minimum Gasteiger partial charge on any atom is -0.381 e. The summed E-state index contributed by atoms with van der Waals surface area (Å²) in [6, 6.07) is 9.52. The predicted molar refractivity (Wildman–Crippen MR) is 90.4 cm³/mol. The molecule has 0 radical (unpaired) electrons. The minimum absolute atomic E-state index is 0.0421. The van der Waals surface area contributed by atoms with Gasteiger partial charge in [-0.3, -0.25) is 9.48 Å². The molecule has 0 bridgehead atoms. The van der Waals surface area contributed by atoms with Gasteiger partial charge in [0, 0.05) is 37.7 Å². The molecule has 2 aromatic rings. The third kappa shape index (κ3) is 6.24. The summed E-state index contributed by atoms with van der Waals surface area (Å²) >= 11 is 0. The topological polar surface area (TPSA) is 56.1 Å². The smallest absolute Gasteiger partial charge is 0.251 e. The van der Waals surface area contributed by atoms with Crippen molar-refractivity contribution in [2.24, 2.45) is 5.92 Å². The van der Waals surface area contributed by atoms with E-state index in [2.05, 4.69) is 24.3 Å². The monoisotopic (exact) mass is 315 g/mol. The molecule has 0 saturated carbocycles. The van der Waals surface area contributed by atoms with Gasteiger partial charge in [0.15, 0.2) is 0 Å². The number of nitrogens with one attached hydrogen (secondary N) is 1. The van der Waals surface area contributed by atoms with E-state index in [1.165, 1.54) is 0 Å². The Morgan fingerprint density at radius 1 is 1.30 bits per heavy atom. The number of hydrogen-bond acceptors (Lipinski definition) is 3. The molecule has 124 valence electrons. The van der Waals surface area contributed by atoms with Crippen molar-refractivity contribution in [2.75, 3.05) is 19.8 Å². The molecule has 1 heterocycles. The van der Waals surface area contributed by atoms with Crippen molar-refractivity contribution in [3.8, 4) is 0 Å². The van der Waals surface area contributed by atoms with Gasteiger partial charge in [-0.1, -0.05) is 26.0 Å². The van der Waals surface area contributed by atoms with Gasteiger partial charge in [0.25, 0.3) is 5.91 Å². The molecular formula is C18H25N3O2. The Kier molecular flexibility index (Phi) is 6.81. The van der Waals surface area contributed by atoms with Crippen molar-refractivity contribution in [3.05, 3.63) is 53.9 Å². The maximum Gasteiger partial charge on any atom is 0.251 e. The number of ether oxygens (including phenoxy) is 1. The first-order valence-electron chi connectivity index (χ1n) is 8.07. The first-order chi connectivity index (χ1) is 11.1. The molecule has 0 atom stereocenters. The van der Waals surface area contributed by atoms with Gasteiger partial charge in [-0.05, 0) is 36.1 Å². The van der Waals surface area contributed by atoms with Crippen LogP contribution in [0, 0.1) is 5.92 Å². The van der Waals surface area contributed by atoms with Crippen LogP contribution in [0.25, 0.3) is 0 Å². The summed E-state index contributed by atoms with van der Waals surface area (Å²) in [7, 11) is 0. The van der Waals surface area contributed by atoms with Gasteiger partial charge >= 0.3 is 0 Å². The van der Waals surface area contributed by atoms with Crippen LogP contribution in [-0.2, 0) is 11.3 Å². The van der Waals surface area contributed by atoms with Crippen molar-refractivity contribution in [1.29, 1.82) is 0 Å². The van der Waals surface area contributed by atoms with Crippen LogP contribution >= 0.6 is 0 Å². The van der Waals surface area contributed by atoms with E-state index >= 15 is 0 Å². The fraction of sp³-hybridized carbons (Fsp3) is 0.444. The van der Waals surface area contributed by atoms with Crippen LogP contribution in [0.3, 0.4) is 0 Å². The number of hydrogen-bond donors (Lipinski definition) is 1. The average Bonchev–Trinajstić information content (AvgIpc) is 3.04. The van der Waals surface area contributed by atoms with E-state index in [1.807, 2.05) is 41.2 Å². The van der Waals surface area contributed by atoms with Gasteiger partial charge in [-0.2, -0.15) is 5.10 Å². The van der Waals surface area contributed by atoms with Crippen LogP contribution in [0.15, 0.2) is 42.7 Å². The molecule has 23 heavy (non-hydrogen) atoms. The Morgan fingerprint density at radius 3 is 2.74 bits per heavy atom. The number of nitrogens with zero attached hydrogens (tertiary/aromatic N) is 2. The third-order valence-electron chi connectivity index (χ3n) is 3.32. The van der Waals surface area contributed by atoms with E-state index in [4.69, 9.17) is 4.74 Å². The van der Waals surface area contributed by atoms with Crippen LogP contribution in [0.1, 0.15) is 36.2 Å². The van der Waals surface area contributed by atoms with Gasteiger partial charge in [-0.15, -0.1) is 0 Å². The standard InChI is InChI=1S/C18H25N3O2/c1-15(2)14-23-12-4-9-19-18(22)17-7-5-16(6-8-17)13-21-11-3-10-20-21/h3,5-8,10-11,15H,4,9,12-14H2,1-2H3,(H,19,22). The molecule has 0 unspecified atom stereocenters. The fourth-order valence-corrected chi connectivity index (χ4v) is 2.14. The molecular weight excluding hydrogens is 290 g/mol. The summed E-state index contributed by atoms with van der Waals surface area (Å²) in [5.41, 5.74) is 1.80. The third-order valence-corrected chi connectivity index (χ3v) is 3.32. The van der Waals surface area contributed by atoms with Crippen LogP contribution in [0.4, 0.5) is 0 Å². The van der Waals surface area contributed by atoms with Crippen molar-refractivity contribution >= 4 is 5.91 Å². The maximum atomic E-state index is 12.0. The SMILES string of the molecule is CC(C)COCCCNC(=O)c1ccc(Cn2cccn2)cc1. The molecule has 0 fully saturated rings. The zero-order valence-electron chi connectivity index (χ0n) is 13.9. The lowest BCUT2D eigenvalue weighted by Crippen LogP contribution is -2.25. The molecule has 1 aromatic carbocycles. The highest BCUT2D eigenvalue weighted by atomic mass is 16.5. The second kappa shape index (κ2) is 9.10. The van der Waals surface area contributed by atoms with Gasteiger partial charge < -0.3 is 10.1 Å². The van der Waals surface area contributed by atoms with Crippen LogP contribution < -0.4 is 5.32 Å². The molecule has 0 aliphatic carbocycles. The molecule has 5 heteroatoms. The Morgan fingerprint density at radius 2 is 2.09 bits per heavy atom. The van der Waals surface area contributed by atoms with Gasteiger partial charge in [0.1, 0.15) is 0 Å². The molecule has 1 N–H and O–H groups in total. The van der Waals surface area contributed by atoms with Crippen molar-refractivity contribution in [1.82, 2.24) is 15.1 Å². The van der Waals surface area contributed by atoms with Gasteiger partial charge in [0.2, 0.25) is 0 Å². The van der Waals surface area contributed by atoms with Crippen LogP contribution in [0.2, 0.25) is 0 Å². The number of rotatable bonds is 9. The summed E-state index contributed by atoms with van der Waals surface area (Å²) in [6.45, 7) is 7.04. The summed E-state index contributed by atoms with van der Waals surface area (Å²) in [5, 5.41) is 7.09. The molecule has 0 aliphatic heterocycles. The van der Waals surface area contributed by atoms with E-state index < -0.39 is 0 Å². The second-order valence-electron chi connectivity index (χ2n) is 5.98. The summed E-state index contributed by atoms with van der Waals surface area (Å²) < 4.78 is 7.34. The quantitative estimate of drug-likeness (QED) is 0.724. The maximum absolute atomic E-state index is 12.0. The largest absolute Gasteiger partial charge is 0.381 e. The Hall–Kier alpha value is -2.14. The van der Waals surface area contributed by atoms with E-state index in [1.54, 1.807) is 6.20 Å². The van der Waals surface area contributed by atoms with E-state index in [9.17, 15) is 4.79 Å². The fourth-order valence-electron chi connectivity index (χ4n) is 2.14. The van der Waals surface area contributed by atoms with E-state index in [0.29, 0.717) is 31.2 Å². The first-order valence-corrected chi connectivity index (χ1v) is 8.07. The lowest BCUT2D eigenvalue weighted by atomic mass is 10.1. The number of benzene rings is 1. The predicted octanol–water partition coefficient (Wildman–Crippen LogP) is 2.72. The summed E-state index contributed by atoms with van der Waals surface area (Å²) in [4.78, 5) is 12.0. The number of carbonyl (C=O) groups is 1. The highest BCUT2D eigenvalue weighted by Crippen LogP contribution is 2.06. The number of aromatic nitrogens is 2. The molecule has 0 saturated heterocycles. The van der Waals surface area contributed by atoms with E-state index in [0.717, 1.165) is 18.6 Å². The van der Waals surface area contributed by atoms with Crippen molar-refractivity contribution in [2.45, 2.75) is 26.8 Å². The van der Waals surface area contributed by atoms with Crippen molar-refractivity contribution < 1.29 is 9.53 Å². The molecule has 2 rings (SSSR count). The Balaban J connectivity index is 1.70. The van der Waals surface area contributed by atoms with Crippen LogP contribution in [-0.4, -0.2) is 35.4 Å². The molecule has 1 amide bonds. The van der Waals surface area contributed by atoms with Gasteiger partial charge in [0.05, 0.1) is 6.54 Å². The lowest BCUT2D eigenvalue weighted by Gasteiger charge is -2.08. The van der Waals surface area contributed by atoms with Crippen LogP contribution in [0.5, 0.6) is 0 Å². The summed E-state index contributed by atoms with van der Waals surface area (Å²) in [6.07, 6.45) is 4.50. The number of amides is 1. The van der Waals surface area contributed by atoms with Gasteiger partial charge in [-0.25, -0.2) is 0 Å². The second-order valence-corrected chi connectivity index (χ2v) is 5.98. The first kappa shape index (κ1) is 17.2. The number of carbonyl (C=O) groups excluding carboxylic acids is 1. The highest BCUT2D eigenvalue weighted by Gasteiger charge is 2.05. The van der Waals surface area contributed by atoms with E-state index in [-0.39, 0.29) is 5.91 Å². The highest BCUT2D eigenvalue weighted by molar-refractivity contribution is 5.94. The Bertz CT molecular complexity index is 577. The zero-order valence-corrected chi connectivity index (χ0v) is 13.9. The molecule has 5 nitrogen and oxygen atoms in total. The normalized spacial score (nSPS) is 10.9. The summed E-state index contributed by atoms with van der Waals surface area (Å²) in [5.74, 6) is 0.504. The average molecular weight is 315 g/mol. The van der Waals surface area contributed by atoms with Crippen molar-refractivity contribution in [3.63, 3.8) is 0 Å². The lowest BCUT2D eigenvalue weighted by molar-refractivity contribution is 0.0925. The Labute approximate surface area is 137 Å².